The number of nitrogens with zero attached hydrogens (tertiary/aromatic N) is 1. The third kappa shape index (κ3) is 5.70. The summed E-state index contributed by atoms with van der Waals surface area (Å²) in [5, 5.41) is 0.937. The molecule has 7 heteroatoms. The van der Waals surface area contributed by atoms with Gasteiger partial charge < -0.3 is 4.74 Å². The van der Waals surface area contributed by atoms with E-state index in [1.54, 1.807) is 17.4 Å². The molecule has 0 bridgehead atoms. The number of carbonyl (C=O) groups excluding carboxylic acids is 1. The number of hydrogen-bond donors (Lipinski definition) is 0. The van der Waals surface area contributed by atoms with Gasteiger partial charge >= 0.3 is 6.36 Å². The summed E-state index contributed by atoms with van der Waals surface area (Å²) in [7, 11) is 0. The Balaban J connectivity index is 1.37. The lowest BCUT2D eigenvalue weighted by Crippen LogP contribution is -2.16. The highest BCUT2D eigenvalue weighted by molar-refractivity contribution is 7.21. The van der Waals surface area contributed by atoms with Crippen molar-refractivity contribution in [2.24, 2.45) is 0 Å². The summed E-state index contributed by atoms with van der Waals surface area (Å²) in [6.45, 7) is 0. The van der Waals surface area contributed by atoms with Crippen molar-refractivity contribution >= 4 is 39.5 Å². The summed E-state index contributed by atoms with van der Waals surface area (Å²) in [5.41, 5.74) is 3.43. The number of thiazole rings is 1. The molecule has 4 rings (SSSR count). The van der Waals surface area contributed by atoms with E-state index >= 15 is 0 Å². The van der Waals surface area contributed by atoms with Crippen LogP contribution in [0, 0.1) is 0 Å². The van der Waals surface area contributed by atoms with Crippen molar-refractivity contribution in [1.82, 2.24) is 4.98 Å². The molecule has 0 saturated heterocycles. The number of aromatic nitrogens is 1. The Morgan fingerprint density at radius 3 is 2.03 bits per heavy atom. The summed E-state index contributed by atoms with van der Waals surface area (Å²) in [6.07, 6.45) is 1.29. The zero-order valence-corrected chi connectivity index (χ0v) is 17.4. The Bertz CT molecular complexity index is 1250. The number of para-hydroxylation sites is 1. The molecule has 0 N–H and O–H groups in total. The first-order valence-electron chi connectivity index (χ1n) is 9.58. The van der Waals surface area contributed by atoms with Crippen molar-refractivity contribution in [2.75, 3.05) is 0 Å². The number of rotatable bonds is 6. The highest BCUT2D eigenvalue weighted by atomic mass is 32.1. The highest BCUT2D eigenvalue weighted by Crippen LogP contribution is 2.30. The molecule has 1 heterocycles. The van der Waals surface area contributed by atoms with Gasteiger partial charge in [-0.25, -0.2) is 4.98 Å². The van der Waals surface area contributed by atoms with Crippen LogP contribution in [0.3, 0.4) is 0 Å². The second kappa shape index (κ2) is 9.20. The normalized spacial score (nSPS) is 12.1. The number of allylic oxidation sites excluding steroid dienone is 2. The van der Waals surface area contributed by atoms with Gasteiger partial charge in [-0.1, -0.05) is 60.7 Å². The number of benzene rings is 3. The molecule has 0 aliphatic carbocycles. The van der Waals surface area contributed by atoms with Crippen LogP contribution in [-0.4, -0.2) is 17.1 Å². The first-order valence-corrected chi connectivity index (χ1v) is 10.4. The van der Waals surface area contributed by atoms with Gasteiger partial charge in [-0.05, 0) is 47.5 Å². The van der Waals surface area contributed by atoms with E-state index in [9.17, 15) is 18.0 Å². The summed E-state index contributed by atoms with van der Waals surface area (Å²) in [4.78, 5) is 16.7. The van der Waals surface area contributed by atoms with Gasteiger partial charge in [-0.2, -0.15) is 0 Å². The van der Waals surface area contributed by atoms with Crippen LogP contribution in [0.15, 0.2) is 84.9 Å². The van der Waals surface area contributed by atoms with Gasteiger partial charge in [0.05, 0.1) is 10.2 Å². The van der Waals surface area contributed by atoms with Gasteiger partial charge in [-0.15, -0.1) is 24.5 Å². The molecule has 4 aromatic rings. The maximum atomic E-state index is 12.2. The van der Waals surface area contributed by atoms with Crippen LogP contribution in [-0.2, 0) is 4.79 Å². The molecule has 0 aliphatic rings. The van der Waals surface area contributed by atoms with Gasteiger partial charge in [0.25, 0.3) is 0 Å². The lowest BCUT2D eigenvalue weighted by Gasteiger charge is -2.08. The van der Waals surface area contributed by atoms with Crippen molar-refractivity contribution in [3.63, 3.8) is 0 Å². The number of fused-ring (bicyclic) bond motifs is 1. The molecule has 0 amide bonds. The Morgan fingerprint density at radius 2 is 1.44 bits per heavy atom. The van der Waals surface area contributed by atoms with E-state index in [1.807, 2.05) is 48.5 Å². The molecule has 160 valence electrons. The van der Waals surface area contributed by atoms with Crippen molar-refractivity contribution in [3.8, 4) is 16.3 Å². The van der Waals surface area contributed by atoms with E-state index in [2.05, 4.69) is 9.72 Å². The average molecular weight is 451 g/mol. The first kappa shape index (κ1) is 21.5. The molecule has 0 saturated carbocycles. The fourth-order valence-corrected chi connectivity index (χ4v) is 3.90. The number of halogens is 3. The van der Waals surface area contributed by atoms with Crippen LogP contribution < -0.4 is 4.74 Å². The minimum absolute atomic E-state index is 0.240. The molecule has 1 aromatic heterocycles. The molecule has 0 aliphatic heterocycles. The molecule has 0 spiro atoms. The monoisotopic (exact) mass is 451 g/mol. The highest BCUT2D eigenvalue weighted by Gasteiger charge is 2.30. The topological polar surface area (TPSA) is 39.2 Å². The summed E-state index contributed by atoms with van der Waals surface area (Å²) in [6, 6.07) is 21.0. The number of carbonyl (C=O) groups is 1. The lowest BCUT2D eigenvalue weighted by atomic mass is 10.1. The zero-order valence-electron chi connectivity index (χ0n) is 16.5. The number of alkyl halides is 3. The summed E-state index contributed by atoms with van der Waals surface area (Å²) < 4.78 is 41.5. The lowest BCUT2D eigenvalue weighted by molar-refractivity contribution is -0.274. The van der Waals surface area contributed by atoms with Crippen molar-refractivity contribution in [1.29, 1.82) is 0 Å². The average Bonchev–Trinajstić information content (AvgIpc) is 3.21. The van der Waals surface area contributed by atoms with Gasteiger partial charge in [0, 0.05) is 5.56 Å². The van der Waals surface area contributed by atoms with Crippen molar-refractivity contribution in [2.45, 2.75) is 6.36 Å². The molecular formula is C25H16F3NO2S. The number of ether oxygens (including phenoxy) is 1. The van der Waals surface area contributed by atoms with Gasteiger partial charge in [0.2, 0.25) is 0 Å². The predicted octanol–water partition coefficient (Wildman–Crippen LogP) is 7.16. The van der Waals surface area contributed by atoms with E-state index < -0.39 is 6.36 Å². The van der Waals surface area contributed by atoms with Crippen LogP contribution in [0.1, 0.15) is 11.1 Å². The van der Waals surface area contributed by atoms with Crippen LogP contribution in [0.5, 0.6) is 5.75 Å². The van der Waals surface area contributed by atoms with Gasteiger partial charge in [0.15, 0.2) is 5.78 Å². The molecule has 3 aromatic carbocycles. The second-order valence-electron chi connectivity index (χ2n) is 6.79. The fourth-order valence-electron chi connectivity index (χ4n) is 2.93. The molecule has 0 radical (unpaired) electrons. The Kier molecular flexibility index (Phi) is 6.18. The molecular weight excluding hydrogens is 435 g/mol. The molecule has 3 nitrogen and oxygen atoms in total. The zero-order chi connectivity index (χ0) is 22.6. The molecule has 0 fully saturated rings. The summed E-state index contributed by atoms with van der Waals surface area (Å²) in [5.74, 6) is -0.550. The molecule has 32 heavy (non-hydrogen) atoms. The quantitative estimate of drug-likeness (QED) is 0.292. The molecule has 0 unspecified atom stereocenters. The summed E-state index contributed by atoms with van der Waals surface area (Å²) >= 11 is 1.63. The molecule has 0 atom stereocenters. The maximum Gasteiger partial charge on any atom is 0.573 e. The van der Waals surface area contributed by atoms with E-state index in [1.165, 1.54) is 42.5 Å². The largest absolute Gasteiger partial charge is 0.573 e. The second-order valence-corrected chi connectivity index (χ2v) is 7.83. The van der Waals surface area contributed by atoms with E-state index in [0.717, 1.165) is 26.4 Å². The smallest absolute Gasteiger partial charge is 0.406 e. The third-order valence-corrected chi connectivity index (χ3v) is 5.53. The number of hydrogen-bond acceptors (Lipinski definition) is 4. The van der Waals surface area contributed by atoms with Crippen LogP contribution in [0.25, 0.3) is 32.9 Å². The fraction of sp³-hybridized carbons (Fsp3) is 0.0400. The Labute approximate surface area is 186 Å². The van der Waals surface area contributed by atoms with E-state index in [0.29, 0.717) is 5.56 Å². The van der Waals surface area contributed by atoms with Gasteiger partial charge in [-0.3, -0.25) is 4.79 Å². The maximum absolute atomic E-state index is 12.2. The Hall–Kier alpha value is -3.71. The third-order valence-electron chi connectivity index (χ3n) is 4.45. The predicted molar refractivity (Wildman–Crippen MR) is 121 cm³/mol. The van der Waals surface area contributed by atoms with E-state index in [4.69, 9.17) is 0 Å². The van der Waals surface area contributed by atoms with Crippen molar-refractivity contribution in [3.05, 3.63) is 96.1 Å². The van der Waals surface area contributed by atoms with Crippen LogP contribution >= 0.6 is 11.3 Å². The van der Waals surface area contributed by atoms with Crippen molar-refractivity contribution < 1.29 is 22.7 Å². The SMILES string of the molecule is O=C(C=Cc1ccc(OC(F)(F)F)cc1)C=Cc1ccc(-c2nc3ccccc3s2)cc1. The minimum Gasteiger partial charge on any atom is -0.406 e. The van der Waals surface area contributed by atoms with Crippen LogP contribution in [0.2, 0.25) is 0 Å². The van der Waals surface area contributed by atoms with E-state index in [-0.39, 0.29) is 11.5 Å². The van der Waals surface area contributed by atoms with Crippen LogP contribution in [0.4, 0.5) is 13.2 Å². The first-order chi connectivity index (χ1) is 15.4. The van der Waals surface area contributed by atoms with Gasteiger partial charge in [0.1, 0.15) is 10.8 Å². The number of ketones is 1. The Morgan fingerprint density at radius 1 is 0.844 bits per heavy atom. The minimum atomic E-state index is -4.73. The standard InChI is InChI=1S/C25H16F3NO2S/c26-25(27,28)31-21-15-9-18(10-16-21)8-14-20(30)13-7-17-5-11-19(12-6-17)24-29-22-3-1-2-4-23(22)32-24/h1-16H.